The monoisotopic (exact) mass is 151 g/mol. The van der Waals surface area contributed by atoms with Crippen LogP contribution in [0.4, 0.5) is 0 Å². The Hall–Kier alpha value is 0.580. The number of alkyl halides is 2. The lowest BCUT2D eigenvalue weighted by Gasteiger charge is -2.19. The Labute approximate surface area is 60.2 Å². The van der Waals surface area contributed by atoms with Crippen LogP contribution in [0.1, 0.15) is 19.3 Å². The number of halogens is 2. The summed E-state index contributed by atoms with van der Waals surface area (Å²) in [5.74, 6) is 0. The van der Waals surface area contributed by atoms with Gasteiger partial charge in [-0.15, -0.1) is 23.2 Å². The molecule has 2 unspecified atom stereocenters. The minimum atomic E-state index is 0.228. The van der Waals surface area contributed by atoms with Crippen molar-refractivity contribution in [2.75, 3.05) is 0 Å². The summed E-state index contributed by atoms with van der Waals surface area (Å²) in [5.41, 5.74) is 0. The molecule has 0 N–H and O–H groups in total. The van der Waals surface area contributed by atoms with Crippen molar-refractivity contribution in [1.29, 1.82) is 0 Å². The molecular formula is C6H9Cl2. The van der Waals surface area contributed by atoms with E-state index in [-0.39, 0.29) is 10.8 Å². The number of hydrogen-bond acceptors (Lipinski definition) is 0. The quantitative estimate of drug-likeness (QED) is 0.468. The van der Waals surface area contributed by atoms with E-state index in [4.69, 9.17) is 23.2 Å². The molecule has 2 atom stereocenters. The Morgan fingerprint density at radius 1 is 1.12 bits per heavy atom. The van der Waals surface area contributed by atoms with Crippen molar-refractivity contribution in [2.24, 2.45) is 0 Å². The van der Waals surface area contributed by atoms with Gasteiger partial charge in [0.05, 0.1) is 0 Å². The zero-order chi connectivity index (χ0) is 5.98. The van der Waals surface area contributed by atoms with Crippen LogP contribution in [0.15, 0.2) is 0 Å². The van der Waals surface area contributed by atoms with Gasteiger partial charge in [-0.1, -0.05) is 6.42 Å². The topological polar surface area (TPSA) is 0 Å². The van der Waals surface area contributed by atoms with Crippen LogP contribution in [0.5, 0.6) is 0 Å². The van der Waals surface area contributed by atoms with E-state index in [2.05, 4.69) is 0 Å². The van der Waals surface area contributed by atoms with Crippen LogP contribution in [-0.4, -0.2) is 10.8 Å². The van der Waals surface area contributed by atoms with Crippen LogP contribution in [0.3, 0.4) is 0 Å². The van der Waals surface area contributed by atoms with Crippen molar-refractivity contribution in [3.8, 4) is 0 Å². The first-order valence-electron chi connectivity index (χ1n) is 2.92. The SMILES string of the molecule is ClC1[CH]C(Cl)CCC1. The maximum absolute atomic E-state index is 5.77. The highest BCUT2D eigenvalue weighted by atomic mass is 35.5. The average molecular weight is 152 g/mol. The lowest BCUT2D eigenvalue weighted by atomic mass is 10.00. The van der Waals surface area contributed by atoms with Gasteiger partial charge in [0, 0.05) is 10.8 Å². The first kappa shape index (κ1) is 6.70. The first-order chi connectivity index (χ1) is 3.79. The van der Waals surface area contributed by atoms with E-state index in [1.807, 2.05) is 6.42 Å². The van der Waals surface area contributed by atoms with Gasteiger partial charge in [-0.2, -0.15) is 0 Å². The summed E-state index contributed by atoms with van der Waals surface area (Å²) in [6.45, 7) is 0. The maximum atomic E-state index is 5.77. The van der Waals surface area contributed by atoms with E-state index in [0.29, 0.717) is 0 Å². The van der Waals surface area contributed by atoms with Crippen LogP contribution in [0.2, 0.25) is 0 Å². The number of rotatable bonds is 0. The lowest BCUT2D eigenvalue weighted by molar-refractivity contribution is 0.604. The van der Waals surface area contributed by atoms with Gasteiger partial charge in [0.15, 0.2) is 0 Å². The van der Waals surface area contributed by atoms with E-state index in [9.17, 15) is 0 Å². The van der Waals surface area contributed by atoms with Gasteiger partial charge in [0.2, 0.25) is 0 Å². The molecule has 0 saturated heterocycles. The molecule has 1 radical (unpaired) electrons. The fourth-order valence-corrected chi connectivity index (χ4v) is 1.66. The van der Waals surface area contributed by atoms with Crippen molar-refractivity contribution < 1.29 is 0 Å². The Morgan fingerprint density at radius 3 is 1.88 bits per heavy atom. The third-order valence-electron chi connectivity index (χ3n) is 1.38. The van der Waals surface area contributed by atoms with Crippen LogP contribution < -0.4 is 0 Å². The van der Waals surface area contributed by atoms with E-state index >= 15 is 0 Å². The van der Waals surface area contributed by atoms with Crippen molar-refractivity contribution in [1.82, 2.24) is 0 Å². The minimum absolute atomic E-state index is 0.228. The van der Waals surface area contributed by atoms with Crippen molar-refractivity contribution in [3.63, 3.8) is 0 Å². The standard InChI is InChI=1S/C6H9Cl2/c7-5-2-1-3-6(8)4-5/h4-6H,1-3H2. The third-order valence-corrected chi connectivity index (χ3v) is 2.10. The molecule has 0 aromatic carbocycles. The molecule has 0 nitrogen and oxygen atoms in total. The van der Waals surface area contributed by atoms with Crippen molar-refractivity contribution in [3.05, 3.63) is 6.42 Å². The molecule has 1 saturated carbocycles. The fourth-order valence-electron chi connectivity index (χ4n) is 0.927. The second-order valence-corrected chi connectivity index (χ2v) is 3.28. The molecule has 0 amide bonds. The number of hydrogen-bond donors (Lipinski definition) is 0. The zero-order valence-electron chi connectivity index (χ0n) is 4.61. The van der Waals surface area contributed by atoms with Crippen LogP contribution >= 0.6 is 23.2 Å². The fraction of sp³-hybridized carbons (Fsp3) is 0.833. The molecule has 0 heterocycles. The first-order valence-corrected chi connectivity index (χ1v) is 3.79. The van der Waals surface area contributed by atoms with E-state index in [1.54, 1.807) is 0 Å². The Morgan fingerprint density at radius 2 is 1.62 bits per heavy atom. The second-order valence-electron chi connectivity index (χ2n) is 2.16. The summed E-state index contributed by atoms with van der Waals surface area (Å²) in [4.78, 5) is 0. The van der Waals surface area contributed by atoms with Crippen molar-refractivity contribution in [2.45, 2.75) is 30.0 Å². The summed E-state index contributed by atoms with van der Waals surface area (Å²) in [5, 5.41) is 0.456. The summed E-state index contributed by atoms with van der Waals surface area (Å²) >= 11 is 11.5. The Balaban J connectivity index is 2.23. The molecule has 1 fully saturated rings. The van der Waals surface area contributed by atoms with Gasteiger partial charge in [-0.25, -0.2) is 0 Å². The lowest BCUT2D eigenvalue weighted by Crippen LogP contribution is -2.15. The molecule has 8 heavy (non-hydrogen) atoms. The maximum Gasteiger partial charge on any atom is 0.0382 e. The normalized spacial score (nSPS) is 39.8. The molecular weight excluding hydrogens is 143 g/mol. The van der Waals surface area contributed by atoms with Gasteiger partial charge in [0.1, 0.15) is 0 Å². The molecule has 0 aromatic rings. The molecule has 0 aliphatic heterocycles. The molecule has 47 valence electrons. The molecule has 1 aliphatic rings. The van der Waals surface area contributed by atoms with Gasteiger partial charge in [0.25, 0.3) is 0 Å². The van der Waals surface area contributed by atoms with Crippen LogP contribution in [0, 0.1) is 6.42 Å². The molecule has 1 rings (SSSR count). The zero-order valence-corrected chi connectivity index (χ0v) is 6.12. The smallest absolute Gasteiger partial charge is 0.0382 e. The molecule has 1 aliphatic carbocycles. The van der Waals surface area contributed by atoms with Gasteiger partial charge < -0.3 is 0 Å². The summed E-state index contributed by atoms with van der Waals surface area (Å²) in [6.07, 6.45) is 5.39. The van der Waals surface area contributed by atoms with Crippen LogP contribution in [-0.2, 0) is 0 Å². The van der Waals surface area contributed by atoms with Gasteiger partial charge in [-0.05, 0) is 19.3 Å². The summed E-state index contributed by atoms with van der Waals surface area (Å²) in [7, 11) is 0. The molecule has 0 bridgehead atoms. The van der Waals surface area contributed by atoms with E-state index in [0.717, 1.165) is 12.8 Å². The third kappa shape index (κ3) is 1.83. The van der Waals surface area contributed by atoms with E-state index in [1.165, 1.54) is 6.42 Å². The second kappa shape index (κ2) is 2.93. The van der Waals surface area contributed by atoms with Gasteiger partial charge in [-0.3, -0.25) is 0 Å². The Bertz CT molecular complexity index is 64.9. The van der Waals surface area contributed by atoms with Gasteiger partial charge >= 0.3 is 0 Å². The highest BCUT2D eigenvalue weighted by Gasteiger charge is 2.17. The predicted molar refractivity (Wildman–Crippen MR) is 37.4 cm³/mol. The summed E-state index contributed by atoms with van der Waals surface area (Å²) < 4.78 is 0. The molecule has 0 spiro atoms. The predicted octanol–water partition coefficient (Wildman–Crippen LogP) is 2.59. The highest BCUT2D eigenvalue weighted by Crippen LogP contribution is 2.25. The largest absolute Gasteiger partial charge is 0.123 e. The minimum Gasteiger partial charge on any atom is -0.123 e. The van der Waals surface area contributed by atoms with E-state index < -0.39 is 0 Å². The molecule has 0 aromatic heterocycles. The average Bonchev–Trinajstić information content (AvgIpc) is 1.64. The molecule has 2 heteroatoms. The summed E-state index contributed by atoms with van der Waals surface area (Å²) in [6, 6.07) is 0. The van der Waals surface area contributed by atoms with Crippen molar-refractivity contribution >= 4 is 23.2 Å². The Kier molecular flexibility index (Phi) is 2.45. The van der Waals surface area contributed by atoms with Crippen LogP contribution in [0.25, 0.3) is 0 Å². The highest BCUT2D eigenvalue weighted by molar-refractivity contribution is 6.25.